The van der Waals surface area contributed by atoms with E-state index in [1.165, 1.54) is 0 Å². The maximum absolute atomic E-state index is 11.6. The van der Waals surface area contributed by atoms with Gasteiger partial charge in [0, 0.05) is 12.0 Å². The van der Waals surface area contributed by atoms with E-state index in [1.54, 1.807) is 34.2 Å². The second kappa shape index (κ2) is 8.18. The first-order valence-corrected chi connectivity index (χ1v) is 11.6. The molecule has 2 aromatic heterocycles. The fourth-order valence-electron chi connectivity index (χ4n) is 3.64. The second-order valence-corrected chi connectivity index (χ2v) is 11.8. The van der Waals surface area contributed by atoms with E-state index in [1.807, 2.05) is 6.20 Å². The Morgan fingerprint density at radius 2 is 2.03 bits per heavy atom. The molecule has 1 fully saturated rings. The number of oxazole rings is 1. The molecule has 0 bridgehead atoms. The van der Waals surface area contributed by atoms with Gasteiger partial charge in [-0.25, -0.2) is 14.8 Å². The standard InChI is InChI=1S/C20H30N4O3S2/c1-19(2,3)13-9-21-14(27-13)11-28-15-10-22-17(29-15)23-12-7-8-24(18(25)26)16(12)20(4,5)6/h9-10,12,16H,7-8,11H2,1-6H3,(H,22,23)(H,25,26). The summed E-state index contributed by atoms with van der Waals surface area (Å²) < 4.78 is 6.92. The van der Waals surface area contributed by atoms with Crippen molar-refractivity contribution in [3.8, 4) is 0 Å². The molecule has 0 spiro atoms. The van der Waals surface area contributed by atoms with Gasteiger partial charge in [-0.05, 0) is 11.8 Å². The van der Waals surface area contributed by atoms with Gasteiger partial charge >= 0.3 is 6.09 Å². The summed E-state index contributed by atoms with van der Waals surface area (Å²) in [5.74, 6) is 2.25. The smallest absolute Gasteiger partial charge is 0.407 e. The van der Waals surface area contributed by atoms with Gasteiger partial charge < -0.3 is 19.7 Å². The topological polar surface area (TPSA) is 91.5 Å². The van der Waals surface area contributed by atoms with Crippen molar-refractivity contribution >= 4 is 34.3 Å². The molecule has 1 aliphatic heterocycles. The maximum Gasteiger partial charge on any atom is 0.407 e. The van der Waals surface area contributed by atoms with Gasteiger partial charge in [0.15, 0.2) is 5.13 Å². The number of carbonyl (C=O) groups is 1. The summed E-state index contributed by atoms with van der Waals surface area (Å²) in [4.78, 5) is 22.0. The fourth-order valence-corrected chi connectivity index (χ4v) is 5.42. The lowest BCUT2D eigenvalue weighted by atomic mass is 9.83. The van der Waals surface area contributed by atoms with E-state index in [-0.39, 0.29) is 22.9 Å². The number of hydrogen-bond acceptors (Lipinski definition) is 7. The Kier molecular flexibility index (Phi) is 6.19. The first kappa shape index (κ1) is 22.0. The summed E-state index contributed by atoms with van der Waals surface area (Å²) in [5.41, 5.74) is -0.205. The Labute approximate surface area is 180 Å². The average Bonchev–Trinajstić information content (AvgIpc) is 3.31. The molecule has 0 aromatic carbocycles. The van der Waals surface area contributed by atoms with Crippen LogP contribution in [0.1, 0.15) is 59.6 Å². The first-order valence-electron chi connectivity index (χ1n) is 9.75. The molecule has 3 heterocycles. The fraction of sp³-hybridized carbons (Fsp3) is 0.650. The predicted octanol–water partition coefficient (Wildman–Crippen LogP) is 5.30. The number of thiazole rings is 1. The van der Waals surface area contributed by atoms with E-state index in [0.717, 1.165) is 21.5 Å². The number of hydrogen-bond donors (Lipinski definition) is 2. The molecule has 0 radical (unpaired) electrons. The summed E-state index contributed by atoms with van der Waals surface area (Å²) in [5, 5.41) is 13.8. The zero-order chi connectivity index (χ0) is 21.4. The van der Waals surface area contributed by atoms with Gasteiger partial charge in [0.05, 0.1) is 34.4 Å². The van der Waals surface area contributed by atoms with Gasteiger partial charge in [0.25, 0.3) is 0 Å². The highest BCUT2D eigenvalue weighted by Gasteiger charge is 2.44. The second-order valence-electron chi connectivity index (χ2n) is 9.47. The minimum Gasteiger partial charge on any atom is -0.465 e. The molecule has 2 aromatic rings. The van der Waals surface area contributed by atoms with E-state index < -0.39 is 6.09 Å². The van der Waals surface area contributed by atoms with Crippen molar-refractivity contribution in [3.05, 3.63) is 24.0 Å². The molecule has 0 aliphatic carbocycles. The van der Waals surface area contributed by atoms with Crippen LogP contribution in [-0.2, 0) is 11.2 Å². The summed E-state index contributed by atoms with van der Waals surface area (Å²) in [7, 11) is 0. The lowest BCUT2D eigenvalue weighted by molar-refractivity contribution is 0.103. The molecule has 2 atom stereocenters. The number of nitrogens with zero attached hydrogens (tertiary/aromatic N) is 3. The van der Waals surface area contributed by atoms with Crippen LogP contribution in [0.4, 0.5) is 9.93 Å². The van der Waals surface area contributed by atoms with Gasteiger partial charge in [0.2, 0.25) is 5.89 Å². The van der Waals surface area contributed by atoms with Crippen molar-refractivity contribution in [2.75, 3.05) is 11.9 Å². The normalized spacial score (nSPS) is 20.3. The molecule has 7 nitrogen and oxygen atoms in total. The SMILES string of the molecule is CC(C)(C)c1cnc(CSc2cnc(NC3CCN(C(=O)O)C3C(C)(C)C)s2)o1. The number of nitrogens with one attached hydrogen (secondary N) is 1. The van der Waals surface area contributed by atoms with Crippen molar-refractivity contribution in [2.24, 2.45) is 5.41 Å². The van der Waals surface area contributed by atoms with E-state index in [9.17, 15) is 9.90 Å². The lowest BCUT2D eigenvalue weighted by Gasteiger charge is -2.37. The third kappa shape index (κ3) is 5.25. The third-order valence-corrected chi connectivity index (χ3v) is 7.06. The van der Waals surface area contributed by atoms with E-state index in [2.05, 4.69) is 56.8 Å². The Balaban J connectivity index is 1.61. The molecular weight excluding hydrogens is 408 g/mol. The number of rotatable bonds is 5. The zero-order valence-electron chi connectivity index (χ0n) is 17.9. The van der Waals surface area contributed by atoms with E-state index in [4.69, 9.17) is 4.42 Å². The van der Waals surface area contributed by atoms with Gasteiger partial charge in [0.1, 0.15) is 5.76 Å². The summed E-state index contributed by atoms with van der Waals surface area (Å²) in [6, 6.07) is -0.0423. The van der Waals surface area contributed by atoms with Crippen LogP contribution < -0.4 is 5.32 Å². The van der Waals surface area contributed by atoms with Crippen molar-refractivity contribution in [3.63, 3.8) is 0 Å². The van der Waals surface area contributed by atoms with Crippen LogP contribution in [0.3, 0.4) is 0 Å². The highest BCUT2D eigenvalue weighted by Crippen LogP contribution is 2.37. The van der Waals surface area contributed by atoms with E-state index in [0.29, 0.717) is 18.2 Å². The van der Waals surface area contributed by atoms with E-state index >= 15 is 0 Å². The van der Waals surface area contributed by atoms with Gasteiger partial charge in [-0.15, -0.1) is 11.8 Å². The van der Waals surface area contributed by atoms with Crippen molar-refractivity contribution in [2.45, 2.75) is 75.4 Å². The molecule has 29 heavy (non-hydrogen) atoms. The summed E-state index contributed by atoms with van der Waals surface area (Å²) >= 11 is 3.22. The third-order valence-electron chi connectivity index (χ3n) is 4.95. The van der Waals surface area contributed by atoms with Crippen LogP contribution in [0.5, 0.6) is 0 Å². The van der Waals surface area contributed by atoms with Crippen LogP contribution in [0.15, 0.2) is 21.0 Å². The van der Waals surface area contributed by atoms with Gasteiger partial charge in [-0.2, -0.15) is 0 Å². The number of amides is 1. The van der Waals surface area contributed by atoms with Crippen molar-refractivity contribution < 1.29 is 14.3 Å². The number of likely N-dealkylation sites (tertiary alicyclic amines) is 1. The van der Waals surface area contributed by atoms with Crippen molar-refractivity contribution in [1.29, 1.82) is 0 Å². The van der Waals surface area contributed by atoms with Crippen LogP contribution in [0.2, 0.25) is 0 Å². The predicted molar refractivity (Wildman–Crippen MR) is 117 cm³/mol. The molecule has 2 unspecified atom stereocenters. The van der Waals surface area contributed by atoms with Crippen LogP contribution in [-0.4, -0.2) is 44.7 Å². The van der Waals surface area contributed by atoms with Crippen LogP contribution in [0, 0.1) is 5.41 Å². The lowest BCUT2D eigenvalue weighted by Crippen LogP contribution is -2.49. The molecule has 160 valence electrons. The van der Waals surface area contributed by atoms with Crippen LogP contribution in [0.25, 0.3) is 0 Å². The first-order chi connectivity index (χ1) is 13.4. The molecular formula is C20H30N4O3S2. The number of carboxylic acid groups (broad SMARTS) is 1. The van der Waals surface area contributed by atoms with Crippen molar-refractivity contribution in [1.82, 2.24) is 14.9 Å². The monoisotopic (exact) mass is 438 g/mol. The summed E-state index contributed by atoms with van der Waals surface area (Å²) in [6.45, 7) is 13.1. The molecule has 3 rings (SSSR count). The zero-order valence-corrected chi connectivity index (χ0v) is 19.5. The molecule has 1 saturated heterocycles. The highest BCUT2D eigenvalue weighted by atomic mass is 32.2. The largest absolute Gasteiger partial charge is 0.465 e. The molecule has 1 aliphatic rings. The minimum atomic E-state index is -0.856. The Bertz CT molecular complexity index is 851. The quantitative estimate of drug-likeness (QED) is 0.612. The molecule has 0 saturated carbocycles. The van der Waals surface area contributed by atoms with Gasteiger partial charge in [-0.3, -0.25) is 0 Å². The number of aromatic nitrogens is 2. The maximum atomic E-state index is 11.6. The Morgan fingerprint density at radius 1 is 1.31 bits per heavy atom. The number of thioether (sulfide) groups is 1. The highest BCUT2D eigenvalue weighted by molar-refractivity contribution is 8.00. The Morgan fingerprint density at radius 3 is 2.62 bits per heavy atom. The summed E-state index contributed by atoms with van der Waals surface area (Å²) in [6.07, 6.45) is 3.57. The molecule has 9 heteroatoms. The number of anilines is 1. The average molecular weight is 439 g/mol. The molecule has 2 N–H and O–H groups in total. The van der Waals surface area contributed by atoms with Crippen LogP contribution >= 0.6 is 23.1 Å². The van der Waals surface area contributed by atoms with Gasteiger partial charge in [-0.1, -0.05) is 52.9 Å². The molecule has 1 amide bonds. The minimum absolute atomic E-state index is 0.0494. The Hall–Kier alpha value is -1.74.